The number of benzene rings is 2. The van der Waals surface area contributed by atoms with Gasteiger partial charge in [0.2, 0.25) is 0 Å². The van der Waals surface area contributed by atoms with Crippen molar-refractivity contribution >= 4 is 56.3 Å². The van der Waals surface area contributed by atoms with E-state index < -0.39 is 10.0 Å². The zero-order chi connectivity index (χ0) is 25.4. The number of aromatic nitrogens is 3. The lowest BCUT2D eigenvalue weighted by Crippen LogP contribution is -2.36. The Labute approximate surface area is 216 Å². The Kier molecular flexibility index (Phi) is 6.47. The third kappa shape index (κ3) is 4.58. The Morgan fingerprint density at radius 1 is 1.14 bits per heavy atom. The molecule has 10 nitrogen and oxygen atoms in total. The number of nitrogens with zero attached hydrogens (tertiary/aromatic N) is 3. The summed E-state index contributed by atoms with van der Waals surface area (Å²) in [6, 6.07) is 11.0. The molecule has 2 aromatic carbocycles. The Bertz CT molecular complexity index is 1570. The molecular formula is C23H21Cl2N7O3S. The highest BCUT2D eigenvalue weighted by molar-refractivity contribution is 7.92. The molecule has 1 unspecified atom stereocenters. The van der Waals surface area contributed by atoms with E-state index in [4.69, 9.17) is 28.9 Å². The molecule has 5 rings (SSSR count). The summed E-state index contributed by atoms with van der Waals surface area (Å²) in [5.41, 5.74) is 8.62. The summed E-state index contributed by atoms with van der Waals surface area (Å²) in [4.78, 5) is 17.0. The number of halogens is 2. The molecule has 13 heteroatoms. The van der Waals surface area contributed by atoms with E-state index >= 15 is 0 Å². The lowest BCUT2D eigenvalue weighted by Gasteiger charge is -2.12. The normalized spacial score (nSPS) is 15.8. The van der Waals surface area contributed by atoms with Crippen LogP contribution < -0.4 is 21.1 Å². The van der Waals surface area contributed by atoms with Gasteiger partial charge in [0.25, 0.3) is 15.9 Å². The summed E-state index contributed by atoms with van der Waals surface area (Å²) in [5, 5.41) is 10.5. The first kappa shape index (κ1) is 24.3. The van der Waals surface area contributed by atoms with Crippen molar-refractivity contribution < 1.29 is 13.2 Å². The second kappa shape index (κ2) is 9.58. The molecule has 36 heavy (non-hydrogen) atoms. The van der Waals surface area contributed by atoms with Gasteiger partial charge in [0.05, 0.1) is 16.2 Å². The molecule has 1 atom stereocenters. The molecule has 1 saturated heterocycles. The minimum absolute atomic E-state index is 0.0531. The minimum atomic E-state index is -3.95. The number of anilines is 2. The number of amides is 1. The van der Waals surface area contributed by atoms with Crippen LogP contribution in [0.3, 0.4) is 0 Å². The Hall–Kier alpha value is -3.38. The molecule has 0 bridgehead atoms. The van der Waals surface area contributed by atoms with E-state index in [9.17, 15) is 13.2 Å². The fourth-order valence-corrected chi connectivity index (χ4v) is 5.81. The van der Waals surface area contributed by atoms with Crippen molar-refractivity contribution in [1.29, 1.82) is 0 Å². The predicted octanol–water partition coefficient (Wildman–Crippen LogP) is 3.18. The third-order valence-corrected chi connectivity index (χ3v) is 8.21. The highest BCUT2D eigenvalue weighted by Crippen LogP contribution is 2.31. The maximum Gasteiger partial charge on any atom is 0.263 e. The van der Waals surface area contributed by atoms with E-state index in [2.05, 4.69) is 25.4 Å². The van der Waals surface area contributed by atoms with E-state index in [1.807, 2.05) is 0 Å². The van der Waals surface area contributed by atoms with Crippen LogP contribution in [-0.2, 0) is 10.0 Å². The van der Waals surface area contributed by atoms with Crippen molar-refractivity contribution in [3.8, 4) is 11.1 Å². The first-order chi connectivity index (χ1) is 17.2. The number of hydrogen-bond donors (Lipinski definition) is 4. The summed E-state index contributed by atoms with van der Waals surface area (Å²) in [7, 11) is -3.95. The summed E-state index contributed by atoms with van der Waals surface area (Å²) in [5.74, 6) is 0.0374. The van der Waals surface area contributed by atoms with Crippen molar-refractivity contribution in [2.45, 2.75) is 17.4 Å². The lowest BCUT2D eigenvalue weighted by molar-refractivity contribution is 0.0941. The Morgan fingerprint density at radius 3 is 2.64 bits per heavy atom. The second-order valence-corrected chi connectivity index (χ2v) is 10.7. The smallest absolute Gasteiger partial charge is 0.263 e. The molecule has 0 radical (unpaired) electrons. The average Bonchev–Trinajstić information content (AvgIpc) is 3.52. The van der Waals surface area contributed by atoms with Crippen molar-refractivity contribution in [3.05, 3.63) is 70.5 Å². The number of fused-ring (bicyclic) bond motifs is 1. The van der Waals surface area contributed by atoms with E-state index in [1.54, 1.807) is 30.5 Å². The zero-order valence-electron chi connectivity index (χ0n) is 18.7. The quantitative estimate of drug-likeness (QED) is 0.291. The third-order valence-electron chi connectivity index (χ3n) is 5.86. The van der Waals surface area contributed by atoms with Crippen LogP contribution >= 0.6 is 23.2 Å². The molecule has 0 spiro atoms. The van der Waals surface area contributed by atoms with Crippen LogP contribution in [0.25, 0.3) is 16.8 Å². The second-order valence-electron chi connectivity index (χ2n) is 8.25. The van der Waals surface area contributed by atoms with Gasteiger partial charge in [0.15, 0.2) is 5.65 Å². The molecule has 3 heterocycles. The van der Waals surface area contributed by atoms with Gasteiger partial charge >= 0.3 is 0 Å². The van der Waals surface area contributed by atoms with Crippen molar-refractivity contribution in [1.82, 2.24) is 25.2 Å². The van der Waals surface area contributed by atoms with E-state index in [0.717, 1.165) is 19.5 Å². The molecule has 0 aliphatic carbocycles. The first-order valence-electron chi connectivity index (χ1n) is 11.0. The van der Waals surface area contributed by atoms with Crippen LogP contribution in [0.4, 0.5) is 11.5 Å². The van der Waals surface area contributed by atoms with Crippen LogP contribution in [0.2, 0.25) is 10.0 Å². The largest absolute Gasteiger partial charge is 0.383 e. The SMILES string of the molecule is Nc1c(-c2ccc(NS(=O)(=O)c3cccc(Cl)c3Cl)cc2)cnc2c(C(=O)NC3CCNC3)cnn12. The lowest BCUT2D eigenvalue weighted by atomic mass is 10.1. The Morgan fingerprint density at radius 2 is 1.92 bits per heavy atom. The van der Waals surface area contributed by atoms with Gasteiger partial charge in [-0.05, 0) is 42.8 Å². The van der Waals surface area contributed by atoms with Crippen LogP contribution in [0, 0.1) is 0 Å². The standard InChI is InChI=1S/C23H21Cl2N7O3S/c24-18-2-1-3-19(20(18)25)36(34,35)31-14-6-4-13(5-7-14)16-11-28-22-17(12-29-32(22)21(16)26)23(33)30-15-8-9-27-10-15/h1-7,11-12,15,27,31H,8-10,26H2,(H,30,33). The van der Waals surface area contributed by atoms with Crippen molar-refractivity contribution in [2.24, 2.45) is 0 Å². The van der Waals surface area contributed by atoms with Crippen LogP contribution in [0.15, 0.2) is 59.8 Å². The van der Waals surface area contributed by atoms with Gasteiger partial charge in [-0.15, -0.1) is 0 Å². The molecular weight excluding hydrogens is 525 g/mol. The van der Waals surface area contributed by atoms with Crippen LogP contribution in [0.1, 0.15) is 16.8 Å². The number of rotatable bonds is 6. The molecule has 5 N–H and O–H groups in total. The number of nitrogens with two attached hydrogens (primary N) is 1. The Balaban J connectivity index is 1.38. The first-order valence-corrected chi connectivity index (χ1v) is 13.2. The fraction of sp³-hybridized carbons (Fsp3) is 0.174. The summed E-state index contributed by atoms with van der Waals surface area (Å²) in [6.45, 7) is 1.59. The van der Waals surface area contributed by atoms with Gasteiger partial charge in [-0.25, -0.2) is 13.4 Å². The number of carbonyl (C=O) groups is 1. The highest BCUT2D eigenvalue weighted by Gasteiger charge is 2.22. The zero-order valence-corrected chi connectivity index (χ0v) is 21.0. The van der Waals surface area contributed by atoms with Crippen LogP contribution in [-0.4, -0.2) is 48.1 Å². The monoisotopic (exact) mass is 545 g/mol. The maximum absolute atomic E-state index is 12.8. The minimum Gasteiger partial charge on any atom is -0.383 e. The van der Waals surface area contributed by atoms with Crippen molar-refractivity contribution in [2.75, 3.05) is 23.5 Å². The number of hydrogen-bond acceptors (Lipinski definition) is 7. The molecule has 1 aliphatic heterocycles. The molecule has 1 amide bonds. The molecule has 4 aromatic rings. The summed E-state index contributed by atoms with van der Waals surface area (Å²) in [6.07, 6.45) is 3.87. The van der Waals surface area contributed by atoms with Gasteiger partial charge < -0.3 is 16.4 Å². The average molecular weight is 546 g/mol. The predicted molar refractivity (Wildman–Crippen MR) is 139 cm³/mol. The van der Waals surface area contributed by atoms with E-state index in [1.165, 1.54) is 28.9 Å². The van der Waals surface area contributed by atoms with Gasteiger partial charge in [-0.2, -0.15) is 9.61 Å². The number of nitrogen functional groups attached to an aromatic ring is 1. The van der Waals surface area contributed by atoms with Crippen molar-refractivity contribution in [3.63, 3.8) is 0 Å². The summed E-state index contributed by atoms with van der Waals surface area (Å²) < 4.78 is 29.4. The fourth-order valence-electron chi connectivity index (χ4n) is 3.99. The van der Waals surface area contributed by atoms with Gasteiger partial charge in [0, 0.05) is 30.0 Å². The number of nitrogens with one attached hydrogen (secondary N) is 3. The van der Waals surface area contributed by atoms with Gasteiger partial charge in [0.1, 0.15) is 16.3 Å². The van der Waals surface area contributed by atoms with Gasteiger partial charge in [-0.3, -0.25) is 9.52 Å². The molecule has 2 aromatic heterocycles. The molecule has 1 aliphatic rings. The highest BCUT2D eigenvalue weighted by atomic mass is 35.5. The number of carbonyl (C=O) groups excluding carboxylic acids is 1. The molecule has 0 saturated carbocycles. The summed E-state index contributed by atoms with van der Waals surface area (Å²) >= 11 is 12.0. The molecule has 186 valence electrons. The molecule has 1 fully saturated rings. The topological polar surface area (TPSA) is 144 Å². The van der Waals surface area contributed by atoms with Gasteiger partial charge in [-0.1, -0.05) is 41.4 Å². The number of sulfonamides is 1. The van der Waals surface area contributed by atoms with E-state index in [0.29, 0.717) is 33.8 Å². The van der Waals surface area contributed by atoms with E-state index in [-0.39, 0.29) is 26.9 Å². The van der Waals surface area contributed by atoms with Crippen LogP contribution in [0.5, 0.6) is 0 Å². The maximum atomic E-state index is 12.8.